The van der Waals surface area contributed by atoms with Gasteiger partial charge in [0.15, 0.2) is 0 Å². The molecule has 1 atom stereocenters. The molecule has 2 aliphatic carbocycles. The Balaban J connectivity index is 1.69. The summed E-state index contributed by atoms with van der Waals surface area (Å²) in [7, 11) is 0. The zero-order chi connectivity index (χ0) is 11.4. The molecule has 0 aromatic rings. The van der Waals surface area contributed by atoms with E-state index in [0.717, 1.165) is 18.0 Å². The van der Waals surface area contributed by atoms with E-state index in [1.807, 2.05) is 0 Å². The van der Waals surface area contributed by atoms with Crippen molar-refractivity contribution in [2.45, 2.75) is 64.3 Å². The highest BCUT2D eigenvalue weighted by Gasteiger charge is 2.37. The summed E-state index contributed by atoms with van der Waals surface area (Å²) in [6.07, 6.45) is 11.5. The molecule has 0 saturated heterocycles. The van der Waals surface area contributed by atoms with Crippen LogP contribution in [0.4, 0.5) is 0 Å². The van der Waals surface area contributed by atoms with E-state index in [-0.39, 0.29) is 0 Å². The van der Waals surface area contributed by atoms with Crippen LogP contribution in [0.1, 0.15) is 58.3 Å². The molecule has 1 unspecified atom stereocenters. The van der Waals surface area contributed by atoms with Crippen molar-refractivity contribution in [3.05, 3.63) is 0 Å². The second kappa shape index (κ2) is 5.50. The summed E-state index contributed by atoms with van der Waals surface area (Å²) in [5.41, 5.74) is 0.751. The molecule has 0 amide bonds. The van der Waals surface area contributed by atoms with Gasteiger partial charge in [0.05, 0.1) is 0 Å². The normalized spacial score (nSPS) is 27.4. The molecular formula is C14H27NO. The van der Waals surface area contributed by atoms with Gasteiger partial charge in [-0.25, -0.2) is 0 Å². The minimum atomic E-state index is 0.309. The zero-order valence-electron chi connectivity index (χ0n) is 10.7. The van der Waals surface area contributed by atoms with Crippen molar-refractivity contribution in [2.75, 3.05) is 13.2 Å². The fourth-order valence-corrected chi connectivity index (χ4v) is 3.49. The van der Waals surface area contributed by atoms with E-state index in [1.54, 1.807) is 0 Å². The van der Waals surface area contributed by atoms with E-state index in [4.69, 9.17) is 5.11 Å². The summed E-state index contributed by atoms with van der Waals surface area (Å²) in [6.45, 7) is 3.39. The largest absolute Gasteiger partial charge is 0.396 e. The van der Waals surface area contributed by atoms with Crippen molar-refractivity contribution in [3.8, 4) is 0 Å². The molecule has 0 bridgehead atoms. The Morgan fingerprint density at radius 3 is 2.38 bits per heavy atom. The van der Waals surface area contributed by atoms with Crippen molar-refractivity contribution in [1.29, 1.82) is 0 Å². The third kappa shape index (κ3) is 2.98. The first kappa shape index (κ1) is 12.4. The van der Waals surface area contributed by atoms with Crippen LogP contribution in [0.2, 0.25) is 0 Å². The lowest BCUT2D eigenvalue weighted by Crippen LogP contribution is -2.39. The van der Waals surface area contributed by atoms with Gasteiger partial charge in [-0.3, -0.25) is 0 Å². The smallest absolute Gasteiger partial charge is 0.0468 e. The minimum absolute atomic E-state index is 0.309. The van der Waals surface area contributed by atoms with Crippen LogP contribution >= 0.6 is 0 Å². The first-order chi connectivity index (χ1) is 7.74. The van der Waals surface area contributed by atoms with Crippen molar-refractivity contribution in [1.82, 2.24) is 5.32 Å². The first-order valence-electron chi connectivity index (χ1n) is 7.08. The molecule has 0 heterocycles. The van der Waals surface area contributed by atoms with Crippen LogP contribution in [0.15, 0.2) is 0 Å². The van der Waals surface area contributed by atoms with Crippen molar-refractivity contribution in [2.24, 2.45) is 11.3 Å². The number of hydrogen-bond acceptors (Lipinski definition) is 2. The monoisotopic (exact) mass is 225 g/mol. The van der Waals surface area contributed by atoms with Crippen molar-refractivity contribution >= 4 is 0 Å². The third-order valence-electron chi connectivity index (χ3n) is 4.78. The van der Waals surface area contributed by atoms with E-state index in [1.165, 1.54) is 51.4 Å². The van der Waals surface area contributed by atoms with Crippen LogP contribution in [0, 0.1) is 11.3 Å². The second-order valence-electron chi connectivity index (χ2n) is 6.18. The quantitative estimate of drug-likeness (QED) is 0.771. The molecule has 2 aliphatic rings. The summed E-state index contributed by atoms with van der Waals surface area (Å²) >= 11 is 0. The zero-order valence-corrected chi connectivity index (χ0v) is 10.7. The molecule has 94 valence electrons. The predicted octanol–water partition coefficient (Wildman–Crippen LogP) is 2.71. The molecule has 2 N–H and O–H groups in total. The third-order valence-corrected chi connectivity index (χ3v) is 4.78. The Bertz CT molecular complexity index is 201. The molecule has 0 aromatic carbocycles. The Labute approximate surface area is 99.8 Å². The maximum atomic E-state index is 8.99. The summed E-state index contributed by atoms with van der Waals surface area (Å²) in [5, 5.41) is 12.6. The summed E-state index contributed by atoms with van der Waals surface area (Å²) < 4.78 is 0. The molecule has 2 nitrogen and oxygen atoms in total. The van der Waals surface area contributed by atoms with Crippen LogP contribution in [-0.2, 0) is 0 Å². The fourth-order valence-electron chi connectivity index (χ4n) is 3.49. The predicted molar refractivity (Wildman–Crippen MR) is 67.4 cm³/mol. The Morgan fingerprint density at radius 1 is 1.19 bits per heavy atom. The van der Waals surface area contributed by atoms with Crippen LogP contribution in [0.25, 0.3) is 0 Å². The van der Waals surface area contributed by atoms with Crippen LogP contribution in [-0.4, -0.2) is 24.3 Å². The number of rotatable bonds is 4. The van der Waals surface area contributed by atoms with Gasteiger partial charge >= 0.3 is 0 Å². The first-order valence-corrected chi connectivity index (χ1v) is 7.08. The molecule has 2 heteroatoms. The maximum absolute atomic E-state index is 8.99. The topological polar surface area (TPSA) is 32.3 Å². The number of aliphatic hydroxyl groups is 1. The number of hydrogen-bond donors (Lipinski definition) is 2. The fraction of sp³-hybridized carbons (Fsp3) is 1.00. The van der Waals surface area contributed by atoms with Gasteiger partial charge in [-0.05, 0) is 49.9 Å². The van der Waals surface area contributed by atoms with Crippen LogP contribution < -0.4 is 5.32 Å². The Morgan fingerprint density at radius 2 is 1.81 bits per heavy atom. The molecule has 2 fully saturated rings. The van der Waals surface area contributed by atoms with Gasteiger partial charge in [0, 0.05) is 19.2 Å². The van der Waals surface area contributed by atoms with Crippen molar-refractivity contribution < 1.29 is 5.11 Å². The highest BCUT2D eigenvalue weighted by atomic mass is 16.3. The van der Waals surface area contributed by atoms with Gasteiger partial charge in [0.2, 0.25) is 0 Å². The average molecular weight is 225 g/mol. The Hall–Kier alpha value is -0.0800. The molecule has 2 saturated carbocycles. The average Bonchev–Trinajstić information content (AvgIpc) is 2.77. The number of aliphatic hydroxyl groups excluding tert-OH is 1. The molecule has 0 aliphatic heterocycles. The van der Waals surface area contributed by atoms with E-state index >= 15 is 0 Å². The minimum Gasteiger partial charge on any atom is -0.396 e. The van der Waals surface area contributed by atoms with E-state index < -0.39 is 0 Å². The number of nitrogens with one attached hydrogen (secondary N) is 1. The molecule has 0 aromatic heterocycles. The van der Waals surface area contributed by atoms with Crippen molar-refractivity contribution in [3.63, 3.8) is 0 Å². The van der Waals surface area contributed by atoms with Gasteiger partial charge < -0.3 is 10.4 Å². The molecule has 0 radical (unpaired) electrons. The van der Waals surface area contributed by atoms with Gasteiger partial charge in [-0.2, -0.15) is 0 Å². The van der Waals surface area contributed by atoms with E-state index in [2.05, 4.69) is 12.2 Å². The van der Waals surface area contributed by atoms with E-state index in [9.17, 15) is 0 Å². The lowest BCUT2D eigenvalue weighted by molar-refractivity contribution is 0.161. The molecule has 2 rings (SSSR count). The summed E-state index contributed by atoms with van der Waals surface area (Å²) in [4.78, 5) is 0. The van der Waals surface area contributed by atoms with Gasteiger partial charge in [0.25, 0.3) is 0 Å². The summed E-state index contributed by atoms with van der Waals surface area (Å²) in [6, 6.07) is 0.722. The van der Waals surface area contributed by atoms with Crippen LogP contribution in [0.3, 0.4) is 0 Å². The highest BCUT2D eigenvalue weighted by molar-refractivity contribution is 4.91. The molecule has 1 spiro atoms. The van der Waals surface area contributed by atoms with Crippen LogP contribution in [0.5, 0.6) is 0 Å². The second-order valence-corrected chi connectivity index (χ2v) is 6.18. The van der Waals surface area contributed by atoms with Gasteiger partial charge in [-0.15, -0.1) is 0 Å². The standard InChI is InChI=1S/C14H27NO/c1-12(11-16)10-15-13-4-8-14(9-5-13)6-2-3-7-14/h12-13,15-16H,2-11H2,1H3. The Kier molecular flexibility index (Phi) is 4.26. The molecule has 16 heavy (non-hydrogen) atoms. The van der Waals surface area contributed by atoms with E-state index in [0.29, 0.717) is 12.5 Å². The van der Waals surface area contributed by atoms with Gasteiger partial charge in [0.1, 0.15) is 0 Å². The lowest BCUT2D eigenvalue weighted by Gasteiger charge is -2.37. The van der Waals surface area contributed by atoms with Gasteiger partial charge in [-0.1, -0.05) is 19.8 Å². The SMILES string of the molecule is CC(CO)CNC1CCC2(CCCC2)CC1. The lowest BCUT2D eigenvalue weighted by atomic mass is 9.71. The molecular weight excluding hydrogens is 198 g/mol. The summed E-state index contributed by atoms with van der Waals surface area (Å²) in [5.74, 6) is 0.405. The maximum Gasteiger partial charge on any atom is 0.0468 e. The highest BCUT2D eigenvalue weighted by Crippen LogP contribution is 2.48.